The number of nitrogens with one attached hydrogen (secondary N) is 1. The van der Waals surface area contributed by atoms with Gasteiger partial charge in [0.05, 0.1) is 5.69 Å². The summed E-state index contributed by atoms with van der Waals surface area (Å²) >= 11 is 0. The molecule has 4 heteroatoms. The van der Waals surface area contributed by atoms with Gasteiger partial charge in [0.2, 0.25) is 0 Å². The van der Waals surface area contributed by atoms with Crippen LogP contribution < -0.4 is 5.32 Å². The summed E-state index contributed by atoms with van der Waals surface area (Å²) in [6.45, 7) is 6.54. The Balaban J connectivity index is 1.82. The molecule has 0 spiro atoms. The van der Waals surface area contributed by atoms with Crippen LogP contribution in [0.1, 0.15) is 38.3 Å². The predicted octanol–water partition coefficient (Wildman–Crippen LogP) is 1.87. The quantitative estimate of drug-likeness (QED) is 0.836. The molecular weight excluding hydrogens is 224 g/mol. The van der Waals surface area contributed by atoms with E-state index in [0.717, 1.165) is 26.1 Å². The molecule has 1 atom stereocenters. The minimum Gasteiger partial charge on any atom is -0.313 e. The Morgan fingerprint density at radius 2 is 2.39 bits per heavy atom. The summed E-state index contributed by atoms with van der Waals surface area (Å²) < 4.78 is 2.13. The monoisotopic (exact) mass is 250 g/mol. The Bertz CT molecular complexity index is 341. The molecule has 1 aliphatic heterocycles. The zero-order valence-corrected chi connectivity index (χ0v) is 11.7. The van der Waals surface area contributed by atoms with Crippen LogP contribution in [0.3, 0.4) is 0 Å². The smallest absolute Gasteiger partial charge is 0.0524 e. The van der Waals surface area contributed by atoms with Crippen LogP contribution in [-0.2, 0) is 13.1 Å². The van der Waals surface area contributed by atoms with E-state index in [1.54, 1.807) is 0 Å². The minimum absolute atomic E-state index is 0.672. The van der Waals surface area contributed by atoms with Crippen LogP contribution in [0.2, 0.25) is 0 Å². The second kappa shape index (κ2) is 6.90. The normalized spacial score (nSPS) is 20.5. The van der Waals surface area contributed by atoms with Crippen LogP contribution in [0.5, 0.6) is 0 Å². The number of hydrogen-bond donors (Lipinski definition) is 1. The van der Waals surface area contributed by atoms with E-state index >= 15 is 0 Å². The first-order valence-corrected chi connectivity index (χ1v) is 7.22. The molecule has 0 amide bonds. The number of hydrogen-bond acceptors (Lipinski definition) is 3. The van der Waals surface area contributed by atoms with E-state index in [1.807, 2.05) is 6.20 Å². The maximum absolute atomic E-state index is 4.38. The van der Waals surface area contributed by atoms with Crippen molar-refractivity contribution in [2.75, 3.05) is 20.1 Å². The van der Waals surface area contributed by atoms with Crippen molar-refractivity contribution in [1.82, 2.24) is 20.0 Å². The van der Waals surface area contributed by atoms with Crippen LogP contribution in [0.4, 0.5) is 0 Å². The lowest BCUT2D eigenvalue weighted by atomic mass is 10.0. The number of piperidine rings is 1. The molecule has 1 saturated heterocycles. The molecule has 1 unspecified atom stereocenters. The second-order valence-electron chi connectivity index (χ2n) is 5.39. The van der Waals surface area contributed by atoms with Crippen molar-refractivity contribution in [2.45, 2.75) is 51.7 Å². The number of aryl methyl sites for hydroxylation is 1. The highest BCUT2D eigenvalue weighted by Crippen LogP contribution is 2.10. The summed E-state index contributed by atoms with van der Waals surface area (Å²) in [5.41, 5.74) is 1.33. The highest BCUT2D eigenvalue weighted by atomic mass is 15.3. The van der Waals surface area contributed by atoms with Gasteiger partial charge in [0.1, 0.15) is 0 Å². The van der Waals surface area contributed by atoms with Gasteiger partial charge in [-0.05, 0) is 38.9 Å². The van der Waals surface area contributed by atoms with Gasteiger partial charge in [-0.1, -0.05) is 13.3 Å². The summed E-state index contributed by atoms with van der Waals surface area (Å²) in [5, 5.41) is 7.99. The van der Waals surface area contributed by atoms with Crippen LogP contribution >= 0.6 is 0 Å². The zero-order valence-electron chi connectivity index (χ0n) is 11.7. The first-order chi connectivity index (χ1) is 8.79. The van der Waals surface area contributed by atoms with Crippen molar-refractivity contribution >= 4 is 0 Å². The van der Waals surface area contributed by atoms with E-state index < -0.39 is 0 Å². The average Bonchev–Trinajstić information content (AvgIpc) is 2.78. The topological polar surface area (TPSA) is 33.1 Å². The summed E-state index contributed by atoms with van der Waals surface area (Å²) in [6.07, 6.45) is 7.08. The lowest BCUT2D eigenvalue weighted by Crippen LogP contribution is -2.42. The SMILES string of the molecule is CCCn1nccc1CN(C)CC1CCCCN1. The van der Waals surface area contributed by atoms with Gasteiger partial charge in [0.25, 0.3) is 0 Å². The summed E-state index contributed by atoms with van der Waals surface area (Å²) in [7, 11) is 2.21. The molecule has 1 aliphatic rings. The van der Waals surface area contributed by atoms with Gasteiger partial charge in [-0.2, -0.15) is 5.10 Å². The van der Waals surface area contributed by atoms with E-state index in [9.17, 15) is 0 Å². The molecule has 1 N–H and O–H groups in total. The third-order valence-electron chi connectivity index (χ3n) is 3.62. The molecular formula is C14H26N4. The van der Waals surface area contributed by atoms with Gasteiger partial charge in [-0.3, -0.25) is 9.58 Å². The van der Waals surface area contributed by atoms with E-state index in [-0.39, 0.29) is 0 Å². The third-order valence-corrected chi connectivity index (χ3v) is 3.62. The Kier molecular flexibility index (Phi) is 5.20. The zero-order chi connectivity index (χ0) is 12.8. The van der Waals surface area contributed by atoms with Crippen molar-refractivity contribution in [3.05, 3.63) is 18.0 Å². The van der Waals surface area contributed by atoms with E-state index in [0.29, 0.717) is 6.04 Å². The van der Waals surface area contributed by atoms with Crippen molar-refractivity contribution in [3.8, 4) is 0 Å². The Hall–Kier alpha value is -0.870. The number of nitrogens with zero attached hydrogens (tertiary/aromatic N) is 3. The van der Waals surface area contributed by atoms with Crippen molar-refractivity contribution < 1.29 is 0 Å². The van der Waals surface area contributed by atoms with Gasteiger partial charge in [-0.15, -0.1) is 0 Å². The first kappa shape index (κ1) is 13.6. The van der Waals surface area contributed by atoms with Crippen molar-refractivity contribution in [1.29, 1.82) is 0 Å². The number of likely N-dealkylation sites (N-methyl/N-ethyl adjacent to an activating group) is 1. The molecule has 18 heavy (non-hydrogen) atoms. The van der Waals surface area contributed by atoms with Crippen LogP contribution in [0, 0.1) is 0 Å². The molecule has 1 aromatic heterocycles. The third kappa shape index (κ3) is 3.82. The minimum atomic E-state index is 0.672. The highest BCUT2D eigenvalue weighted by molar-refractivity contribution is 5.00. The first-order valence-electron chi connectivity index (χ1n) is 7.22. The number of rotatable bonds is 6. The van der Waals surface area contributed by atoms with Gasteiger partial charge in [0.15, 0.2) is 0 Å². The molecule has 0 aliphatic carbocycles. The molecule has 102 valence electrons. The number of aromatic nitrogens is 2. The van der Waals surface area contributed by atoms with Crippen molar-refractivity contribution in [2.24, 2.45) is 0 Å². The highest BCUT2D eigenvalue weighted by Gasteiger charge is 2.15. The standard InChI is InChI=1S/C14H26N4/c1-3-10-18-14(7-9-16-18)12-17(2)11-13-6-4-5-8-15-13/h7,9,13,15H,3-6,8,10-12H2,1-2H3. The summed E-state index contributed by atoms with van der Waals surface area (Å²) in [5.74, 6) is 0. The lowest BCUT2D eigenvalue weighted by Gasteiger charge is -2.28. The molecule has 4 nitrogen and oxygen atoms in total. The van der Waals surface area contributed by atoms with Crippen LogP contribution in [-0.4, -0.2) is 40.9 Å². The van der Waals surface area contributed by atoms with E-state index in [4.69, 9.17) is 0 Å². The molecule has 1 aromatic rings. The molecule has 2 rings (SSSR count). The average molecular weight is 250 g/mol. The Labute approximate surface area is 110 Å². The molecule has 1 fully saturated rings. The largest absolute Gasteiger partial charge is 0.313 e. The van der Waals surface area contributed by atoms with Gasteiger partial charge < -0.3 is 5.32 Å². The van der Waals surface area contributed by atoms with Crippen molar-refractivity contribution in [3.63, 3.8) is 0 Å². The van der Waals surface area contributed by atoms with E-state index in [1.165, 1.54) is 31.5 Å². The maximum atomic E-state index is 4.38. The fourth-order valence-corrected chi connectivity index (χ4v) is 2.70. The molecule has 2 heterocycles. The fraction of sp³-hybridized carbons (Fsp3) is 0.786. The maximum Gasteiger partial charge on any atom is 0.0524 e. The van der Waals surface area contributed by atoms with Gasteiger partial charge in [-0.25, -0.2) is 0 Å². The van der Waals surface area contributed by atoms with Crippen LogP contribution in [0.15, 0.2) is 12.3 Å². The van der Waals surface area contributed by atoms with E-state index in [2.05, 4.69) is 40.0 Å². The Morgan fingerprint density at radius 3 is 3.11 bits per heavy atom. The summed E-state index contributed by atoms with van der Waals surface area (Å²) in [4.78, 5) is 2.41. The molecule has 0 saturated carbocycles. The molecule has 0 bridgehead atoms. The second-order valence-corrected chi connectivity index (χ2v) is 5.39. The predicted molar refractivity (Wildman–Crippen MR) is 74.5 cm³/mol. The summed E-state index contributed by atoms with van der Waals surface area (Å²) in [6, 6.07) is 2.81. The van der Waals surface area contributed by atoms with Gasteiger partial charge in [0, 0.05) is 31.9 Å². The lowest BCUT2D eigenvalue weighted by molar-refractivity contribution is 0.250. The Morgan fingerprint density at radius 1 is 1.50 bits per heavy atom. The molecule has 0 radical (unpaired) electrons. The van der Waals surface area contributed by atoms with Gasteiger partial charge >= 0.3 is 0 Å². The molecule has 0 aromatic carbocycles. The fourth-order valence-electron chi connectivity index (χ4n) is 2.70. The van der Waals surface area contributed by atoms with Crippen LogP contribution in [0.25, 0.3) is 0 Å².